The first-order valence-corrected chi connectivity index (χ1v) is 13.5. The number of carbonyl (C=O) groups excluding carboxylic acids is 2. The Morgan fingerprint density at radius 1 is 0.667 bits per heavy atom. The average Bonchev–Trinajstić information content (AvgIpc) is 2.87. The highest BCUT2D eigenvalue weighted by molar-refractivity contribution is 8.76. The minimum absolute atomic E-state index is 0.0300. The van der Waals surface area contributed by atoms with Crippen LogP contribution in [0.3, 0.4) is 0 Å². The van der Waals surface area contributed by atoms with Crippen molar-refractivity contribution in [1.82, 2.24) is 10.6 Å². The zero-order valence-electron chi connectivity index (χ0n) is 19.3. The lowest BCUT2D eigenvalue weighted by Gasteiger charge is -2.15. The van der Waals surface area contributed by atoms with Gasteiger partial charge in [-0.05, 0) is 24.0 Å². The van der Waals surface area contributed by atoms with Crippen molar-refractivity contribution in [3.05, 3.63) is 71.8 Å². The van der Waals surface area contributed by atoms with Crippen molar-refractivity contribution in [2.45, 2.75) is 38.1 Å². The van der Waals surface area contributed by atoms with E-state index in [-0.39, 0.29) is 26.1 Å². The van der Waals surface area contributed by atoms with Gasteiger partial charge in [0.2, 0.25) is 0 Å². The number of benzene rings is 2. The number of hydrogen-bond donors (Lipinski definition) is 4. The number of ether oxygens (including phenoxy) is 2. The lowest BCUT2D eigenvalue weighted by molar-refractivity contribution is -0.140. The fourth-order valence-electron chi connectivity index (χ4n) is 2.78. The molecule has 0 aliphatic rings. The molecule has 0 unspecified atom stereocenters. The number of aliphatic carboxylic acids is 2. The highest BCUT2D eigenvalue weighted by Gasteiger charge is 2.22. The van der Waals surface area contributed by atoms with Gasteiger partial charge in [-0.3, -0.25) is 0 Å². The summed E-state index contributed by atoms with van der Waals surface area (Å²) >= 11 is 0. The summed E-state index contributed by atoms with van der Waals surface area (Å²) in [6, 6.07) is 15.8. The Kier molecular flexibility index (Phi) is 13.1. The smallest absolute Gasteiger partial charge is 0.408 e. The van der Waals surface area contributed by atoms with Crippen LogP contribution in [0.4, 0.5) is 9.59 Å². The van der Waals surface area contributed by atoms with Crippen molar-refractivity contribution >= 4 is 45.7 Å². The van der Waals surface area contributed by atoms with Crippen LogP contribution in [0.2, 0.25) is 0 Å². The van der Waals surface area contributed by atoms with E-state index in [9.17, 15) is 29.4 Å². The average molecular weight is 537 g/mol. The molecule has 2 amide bonds. The van der Waals surface area contributed by atoms with Crippen LogP contribution in [0.1, 0.15) is 24.0 Å². The molecule has 0 aliphatic carbocycles. The SMILES string of the molecule is O=C(N[C@@H](CCSSCC[C@H](NC(=O)OCc1ccccc1)C(=O)O)C(=O)O)OCc1ccccc1. The monoisotopic (exact) mass is 536 g/mol. The molecule has 0 saturated heterocycles. The van der Waals surface area contributed by atoms with Gasteiger partial charge in [-0.15, -0.1) is 0 Å². The maximum absolute atomic E-state index is 11.9. The molecule has 0 heterocycles. The molecule has 0 bridgehead atoms. The van der Waals surface area contributed by atoms with Crippen molar-refractivity contribution in [2.24, 2.45) is 0 Å². The molecular weight excluding hydrogens is 508 g/mol. The minimum atomic E-state index is -1.18. The first-order valence-electron chi connectivity index (χ1n) is 11.0. The third-order valence-electron chi connectivity index (χ3n) is 4.67. The zero-order chi connectivity index (χ0) is 26.2. The number of hydrogen-bond acceptors (Lipinski definition) is 8. The van der Waals surface area contributed by atoms with Gasteiger partial charge in [-0.25, -0.2) is 19.2 Å². The van der Waals surface area contributed by atoms with E-state index < -0.39 is 36.2 Å². The third-order valence-corrected chi connectivity index (χ3v) is 7.14. The molecule has 4 N–H and O–H groups in total. The van der Waals surface area contributed by atoms with Crippen molar-refractivity contribution in [2.75, 3.05) is 11.5 Å². The molecule has 0 aliphatic heterocycles. The molecule has 10 nitrogen and oxygen atoms in total. The van der Waals surface area contributed by atoms with Crippen LogP contribution in [0.25, 0.3) is 0 Å². The van der Waals surface area contributed by atoms with Crippen LogP contribution >= 0.6 is 21.6 Å². The fourth-order valence-corrected chi connectivity index (χ4v) is 4.96. The minimum Gasteiger partial charge on any atom is -0.480 e. The first kappa shape index (κ1) is 28.9. The van der Waals surface area contributed by atoms with Crippen LogP contribution in [-0.2, 0) is 32.3 Å². The molecule has 0 radical (unpaired) electrons. The van der Waals surface area contributed by atoms with Crippen LogP contribution in [0.5, 0.6) is 0 Å². The molecule has 0 aromatic heterocycles. The van der Waals surface area contributed by atoms with Gasteiger partial charge < -0.3 is 30.3 Å². The highest BCUT2D eigenvalue weighted by atomic mass is 33.1. The predicted molar refractivity (Wildman–Crippen MR) is 137 cm³/mol. The first-order chi connectivity index (χ1) is 17.3. The Morgan fingerprint density at radius 2 is 1.03 bits per heavy atom. The summed E-state index contributed by atoms with van der Waals surface area (Å²) in [4.78, 5) is 46.7. The Bertz CT molecular complexity index is 899. The van der Waals surface area contributed by atoms with E-state index in [4.69, 9.17) is 9.47 Å². The summed E-state index contributed by atoms with van der Waals surface area (Å²) in [5, 5.41) is 23.3. The Labute approximate surface area is 216 Å². The molecule has 0 saturated carbocycles. The molecule has 2 rings (SSSR count). The Morgan fingerprint density at radius 3 is 1.36 bits per heavy atom. The van der Waals surface area contributed by atoms with E-state index in [2.05, 4.69) is 10.6 Å². The van der Waals surface area contributed by atoms with Gasteiger partial charge in [0, 0.05) is 11.5 Å². The number of carboxylic acid groups (broad SMARTS) is 2. The number of carbonyl (C=O) groups is 4. The van der Waals surface area contributed by atoms with Crippen LogP contribution < -0.4 is 10.6 Å². The lowest BCUT2D eigenvalue weighted by atomic mass is 10.2. The highest BCUT2D eigenvalue weighted by Crippen LogP contribution is 2.24. The molecule has 2 aromatic carbocycles. The van der Waals surface area contributed by atoms with Gasteiger partial charge in [-0.1, -0.05) is 82.3 Å². The summed E-state index contributed by atoms with van der Waals surface area (Å²) < 4.78 is 10.1. The molecule has 12 heteroatoms. The molecule has 0 spiro atoms. The van der Waals surface area contributed by atoms with E-state index in [0.29, 0.717) is 11.5 Å². The summed E-state index contributed by atoms with van der Waals surface area (Å²) in [6.07, 6.45) is -1.34. The molecular formula is C24H28N2O8S2. The normalized spacial score (nSPS) is 12.1. The largest absolute Gasteiger partial charge is 0.480 e. The Hall–Kier alpha value is -3.38. The number of carboxylic acids is 2. The van der Waals surface area contributed by atoms with Crippen LogP contribution in [-0.4, -0.2) is 57.9 Å². The molecule has 2 atom stereocenters. The summed E-state index contributed by atoms with van der Waals surface area (Å²) in [6.45, 7) is 0.0599. The maximum atomic E-state index is 11.9. The third kappa shape index (κ3) is 11.8. The number of amides is 2. The van der Waals surface area contributed by atoms with E-state index >= 15 is 0 Å². The van der Waals surface area contributed by atoms with E-state index in [1.807, 2.05) is 12.1 Å². The van der Waals surface area contributed by atoms with Crippen molar-refractivity contribution < 1.29 is 38.9 Å². The van der Waals surface area contributed by atoms with Gasteiger partial charge in [-0.2, -0.15) is 0 Å². The molecule has 0 fully saturated rings. The lowest BCUT2D eigenvalue weighted by Crippen LogP contribution is -2.41. The second kappa shape index (κ2) is 16.3. The predicted octanol–water partition coefficient (Wildman–Crippen LogP) is 3.91. The zero-order valence-corrected chi connectivity index (χ0v) is 21.0. The van der Waals surface area contributed by atoms with Gasteiger partial charge >= 0.3 is 24.1 Å². The standard InChI is InChI=1S/C24H28N2O8S2/c27-21(28)19(25-23(31)33-15-17-7-3-1-4-8-17)11-13-35-36-14-12-20(22(29)30)26-24(32)34-16-18-9-5-2-6-10-18/h1-10,19-20H,11-16H2,(H,25,31)(H,26,32)(H,27,28)(H,29,30)/t19-,20-/m0/s1. The second-order valence-electron chi connectivity index (χ2n) is 7.42. The van der Waals surface area contributed by atoms with E-state index in [0.717, 1.165) is 11.1 Å². The molecule has 194 valence electrons. The van der Waals surface area contributed by atoms with E-state index in [1.54, 1.807) is 48.5 Å². The fraction of sp³-hybridized carbons (Fsp3) is 0.333. The number of alkyl carbamates (subject to hydrolysis) is 2. The van der Waals surface area contributed by atoms with Crippen LogP contribution in [0.15, 0.2) is 60.7 Å². The van der Waals surface area contributed by atoms with Gasteiger partial charge in [0.1, 0.15) is 25.3 Å². The number of nitrogens with one attached hydrogen (secondary N) is 2. The van der Waals surface area contributed by atoms with Crippen molar-refractivity contribution in [1.29, 1.82) is 0 Å². The molecule has 36 heavy (non-hydrogen) atoms. The van der Waals surface area contributed by atoms with Crippen molar-refractivity contribution in [3.8, 4) is 0 Å². The quantitative estimate of drug-likeness (QED) is 0.195. The topological polar surface area (TPSA) is 151 Å². The summed E-state index contributed by atoms with van der Waals surface area (Å²) in [7, 11) is 2.68. The molecule has 2 aromatic rings. The summed E-state index contributed by atoms with van der Waals surface area (Å²) in [5.41, 5.74) is 1.56. The Balaban J connectivity index is 1.62. The van der Waals surface area contributed by atoms with Gasteiger partial charge in [0.05, 0.1) is 0 Å². The number of rotatable bonds is 15. The summed E-state index contributed by atoms with van der Waals surface area (Å²) in [5.74, 6) is -1.57. The van der Waals surface area contributed by atoms with Crippen LogP contribution in [0, 0.1) is 0 Å². The second-order valence-corrected chi connectivity index (χ2v) is 10.1. The van der Waals surface area contributed by atoms with E-state index in [1.165, 1.54) is 21.6 Å². The van der Waals surface area contributed by atoms with Gasteiger partial charge in [0.25, 0.3) is 0 Å². The van der Waals surface area contributed by atoms with Crippen molar-refractivity contribution in [3.63, 3.8) is 0 Å². The van der Waals surface area contributed by atoms with Gasteiger partial charge in [0.15, 0.2) is 0 Å². The maximum Gasteiger partial charge on any atom is 0.408 e.